The number of carbonyl (C=O) groups excluding carboxylic acids is 1. The van der Waals surface area contributed by atoms with Crippen molar-refractivity contribution >= 4 is 12.0 Å². The fourth-order valence-corrected chi connectivity index (χ4v) is 2.38. The lowest BCUT2D eigenvalue weighted by molar-refractivity contribution is -0.112. The largest absolute Gasteiger partial charge is 0.411 e. The van der Waals surface area contributed by atoms with Crippen molar-refractivity contribution in [2.24, 2.45) is 5.16 Å². The Morgan fingerprint density at radius 3 is 2.50 bits per heavy atom. The topological polar surface area (TPSA) is 80.4 Å². The monoisotopic (exact) mass is 320 g/mol. The molecule has 0 unspecified atom stereocenters. The summed E-state index contributed by atoms with van der Waals surface area (Å²) in [6.07, 6.45) is 3.03. The highest BCUT2D eigenvalue weighted by Crippen LogP contribution is 2.15. The number of nitrogens with zero attached hydrogens (tertiary/aromatic N) is 4. The second-order valence-corrected chi connectivity index (χ2v) is 5.37. The smallest absolute Gasteiger partial charge is 0.181 e. The van der Waals surface area contributed by atoms with Crippen molar-refractivity contribution in [2.75, 3.05) is 0 Å². The zero-order valence-electron chi connectivity index (χ0n) is 12.9. The molecule has 0 fully saturated rings. The predicted octanol–water partition coefficient (Wildman–Crippen LogP) is 2.57. The van der Waals surface area contributed by atoms with Gasteiger partial charge >= 0.3 is 0 Å². The second kappa shape index (κ2) is 7.32. The van der Waals surface area contributed by atoms with E-state index in [2.05, 4.69) is 15.5 Å². The van der Waals surface area contributed by atoms with Crippen molar-refractivity contribution in [3.8, 4) is 11.3 Å². The standard InChI is InChI=1S/C18H16N4O2/c23-17(11-19-24)10-14-6-8-15(9-7-14)12-22-13-18(20-21-22)16-4-2-1-3-5-16/h1-9,11,13,24H,10,12H2/b19-11+. The average molecular weight is 320 g/mol. The highest BCUT2D eigenvalue weighted by molar-refractivity contribution is 6.27. The number of ketones is 1. The van der Waals surface area contributed by atoms with Crippen LogP contribution in [-0.2, 0) is 17.8 Å². The van der Waals surface area contributed by atoms with Gasteiger partial charge in [0.25, 0.3) is 0 Å². The number of benzene rings is 2. The third-order valence-electron chi connectivity index (χ3n) is 3.56. The second-order valence-electron chi connectivity index (χ2n) is 5.37. The van der Waals surface area contributed by atoms with Crippen LogP contribution in [0.5, 0.6) is 0 Å². The van der Waals surface area contributed by atoms with Gasteiger partial charge in [-0.15, -0.1) is 5.10 Å². The molecule has 0 saturated carbocycles. The molecule has 0 aliphatic rings. The number of aromatic nitrogens is 3. The van der Waals surface area contributed by atoms with Crippen molar-refractivity contribution < 1.29 is 10.0 Å². The minimum absolute atomic E-state index is 0.214. The van der Waals surface area contributed by atoms with Crippen LogP contribution in [0.25, 0.3) is 11.3 Å². The molecule has 6 heteroatoms. The third kappa shape index (κ3) is 3.92. The summed E-state index contributed by atoms with van der Waals surface area (Å²) in [5.74, 6) is -0.242. The lowest BCUT2D eigenvalue weighted by atomic mass is 10.1. The molecule has 6 nitrogen and oxygen atoms in total. The molecule has 1 N–H and O–H groups in total. The van der Waals surface area contributed by atoms with Gasteiger partial charge in [0.15, 0.2) is 5.78 Å². The maximum atomic E-state index is 11.4. The first kappa shape index (κ1) is 15.6. The zero-order valence-corrected chi connectivity index (χ0v) is 12.9. The van der Waals surface area contributed by atoms with Gasteiger partial charge in [0.1, 0.15) is 11.9 Å². The summed E-state index contributed by atoms with van der Waals surface area (Å²) in [6, 6.07) is 17.6. The molecule has 0 amide bonds. The summed E-state index contributed by atoms with van der Waals surface area (Å²) in [5, 5.41) is 19.4. The molecule has 0 aliphatic carbocycles. The number of hydrogen-bond acceptors (Lipinski definition) is 5. The number of carbonyl (C=O) groups is 1. The Kier molecular flexibility index (Phi) is 4.76. The molecule has 0 radical (unpaired) electrons. The summed E-state index contributed by atoms with van der Waals surface area (Å²) in [7, 11) is 0. The van der Waals surface area contributed by atoms with Gasteiger partial charge in [-0.2, -0.15) is 0 Å². The first-order valence-electron chi connectivity index (χ1n) is 7.48. The van der Waals surface area contributed by atoms with E-state index >= 15 is 0 Å². The maximum absolute atomic E-state index is 11.4. The fourth-order valence-electron chi connectivity index (χ4n) is 2.38. The summed E-state index contributed by atoms with van der Waals surface area (Å²) in [4.78, 5) is 11.4. The van der Waals surface area contributed by atoms with E-state index in [1.807, 2.05) is 60.8 Å². The van der Waals surface area contributed by atoms with Gasteiger partial charge in [0.05, 0.1) is 12.7 Å². The molecule has 1 aromatic heterocycles. The molecule has 1 heterocycles. The van der Waals surface area contributed by atoms with Gasteiger partial charge in [0.2, 0.25) is 0 Å². The number of oxime groups is 1. The molecule has 0 saturated heterocycles. The van der Waals surface area contributed by atoms with Crippen LogP contribution in [0.4, 0.5) is 0 Å². The van der Waals surface area contributed by atoms with Crippen molar-refractivity contribution in [3.63, 3.8) is 0 Å². The molecule has 3 aromatic rings. The Labute approximate surface area is 139 Å². The molecule has 24 heavy (non-hydrogen) atoms. The molecule has 0 spiro atoms. The van der Waals surface area contributed by atoms with E-state index in [0.717, 1.165) is 28.6 Å². The Morgan fingerprint density at radius 1 is 1.08 bits per heavy atom. The number of Topliss-reactive ketones (excluding diaryl/α,β-unsaturated/α-hetero) is 1. The molecule has 0 aliphatic heterocycles. The molecular weight excluding hydrogens is 304 g/mol. The van der Waals surface area contributed by atoms with E-state index in [-0.39, 0.29) is 12.2 Å². The molecule has 3 rings (SSSR count). The number of rotatable bonds is 6. The minimum Gasteiger partial charge on any atom is -0.411 e. The summed E-state index contributed by atoms with van der Waals surface area (Å²) < 4.78 is 1.78. The Balaban J connectivity index is 1.66. The van der Waals surface area contributed by atoms with Crippen LogP contribution >= 0.6 is 0 Å². The van der Waals surface area contributed by atoms with Crippen LogP contribution in [0.2, 0.25) is 0 Å². The van der Waals surface area contributed by atoms with E-state index in [0.29, 0.717) is 6.54 Å². The van der Waals surface area contributed by atoms with E-state index < -0.39 is 0 Å². The van der Waals surface area contributed by atoms with Crippen molar-refractivity contribution in [1.29, 1.82) is 0 Å². The third-order valence-corrected chi connectivity index (χ3v) is 3.56. The van der Waals surface area contributed by atoms with Gasteiger partial charge in [-0.3, -0.25) is 4.79 Å². The first-order chi connectivity index (χ1) is 11.7. The minimum atomic E-state index is -0.242. The maximum Gasteiger partial charge on any atom is 0.181 e. The highest BCUT2D eigenvalue weighted by atomic mass is 16.4. The Hall–Kier alpha value is -3.28. The van der Waals surface area contributed by atoms with Gasteiger partial charge in [-0.05, 0) is 11.1 Å². The van der Waals surface area contributed by atoms with Gasteiger partial charge in [0, 0.05) is 12.0 Å². The molecule has 2 aromatic carbocycles. The predicted molar refractivity (Wildman–Crippen MR) is 90.0 cm³/mol. The Bertz CT molecular complexity index is 839. The van der Waals surface area contributed by atoms with Crippen LogP contribution in [0, 0.1) is 0 Å². The highest BCUT2D eigenvalue weighted by Gasteiger charge is 2.05. The van der Waals surface area contributed by atoms with Crippen LogP contribution in [0.1, 0.15) is 11.1 Å². The van der Waals surface area contributed by atoms with E-state index in [1.165, 1.54) is 0 Å². The van der Waals surface area contributed by atoms with Crippen molar-refractivity contribution in [2.45, 2.75) is 13.0 Å². The fraction of sp³-hybridized carbons (Fsp3) is 0.111. The van der Waals surface area contributed by atoms with Crippen LogP contribution in [0.15, 0.2) is 65.9 Å². The number of hydrogen-bond donors (Lipinski definition) is 1. The van der Waals surface area contributed by atoms with Crippen LogP contribution in [-0.4, -0.2) is 32.2 Å². The summed E-state index contributed by atoms with van der Waals surface area (Å²) in [5.41, 5.74) is 3.79. The lowest BCUT2D eigenvalue weighted by Crippen LogP contribution is -2.04. The van der Waals surface area contributed by atoms with E-state index in [4.69, 9.17) is 5.21 Å². The van der Waals surface area contributed by atoms with E-state index in [9.17, 15) is 4.79 Å². The zero-order chi connectivity index (χ0) is 16.8. The lowest BCUT2D eigenvalue weighted by Gasteiger charge is -2.03. The first-order valence-corrected chi connectivity index (χ1v) is 7.48. The van der Waals surface area contributed by atoms with Gasteiger partial charge in [-0.1, -0.05) is 65.0 Å². The SMILES string of the molecule is O=C(/C=N/O)Cc1ccc(Cn2cc(-c3ccccc3)nn2)cc1. The van der Waals surface area contributed by atoms with E-state index in [1.54, 1.807) is 4.68 Å². The average Bonchev–Trinajstić information content (AvgIpc) is 3.06. The molecular formula is C18H16N4O2. The Morgan fingerprint density at radius 2 is 1.79 bits per heavy atom. The quantitative estimate of drug-likeness (QED) is 0.430. The normalized spacial score (nSPS) is 11.0. The van der Waals surface area contributed by atoms with Gasteiger partial charge < -0.3 is 5.21 Å². The van der Waals surface area contributed by atoms with Crippen LogP contribution < -0.4 is 0 Å². The summed E-state index contributed by atoms with van der Waals surface area (Å²) in [6.45, 7) is 0.603. The van der Waals surface area contributed by atoms with Crippen molar-refractivity contribution in [3.05, 3.63) is 71.9 Å². The van der Waals surface area contributed by atoms with Crippen molar-refractivity contribution in [1.82, 2.24) is 15.0 Å². The molecule has 0 atom stereocenters. The summed E-state index contributed by atoms with van der Waals surface area (Å²) >= 11 is 0. The van der Waals surface area contributed by atoms with Gasteiger partial charge in [-0.25, -0.2) is 4.68 Å². The molecule has 0 bridgehead atoms. The van der Waals surface area contributed by atoms with Crippen LogP contribution in [0.3, 0.4) is 0 Å². The molecule has 120 valence electrons.